The van der Waals surface area contributed by atoms with E-state index < -0.39 is 0 Å². The predicted molar refractivity (Wildman–Crippen MR) is 68.5 cm³/mol. The number of carbonyl (C=O) groups is 1. The Morgan fingerprint density at radius 3 is 2.71 bits per heavy atom. The lowest BCUT2D eigenvalue weighted by molar-refractivity contribution is 0.100. The van der Waals surface area contributed by atoms with Crippen LogP contribution in [0.25, 0.3) is 0 Å². The van der Waals surface area contributed by atoms with E-state index in [2.05, 4.69) is 0 Å². The van der Waals surface area contributed by atoms with Crippen LogP contribution < -0.4 is 10.5 Å². The summed E-state index contributed by atoms with van der Waals surface area (Å²) in [5.74, 6) is 0.470. The number of nitrogens with two attached hydrogens (primary N) is 1. The van der Waals surface area contributed by atoms with Gasteiger partial charge in [-0.05, 0) is 29.1 Å². The maximum atomic E-state index is 11.1. The monoisotopic (exact) mass is 247 g/mol. The van der Waals surface area contributed by atoms with Crippen LogP contribution in [0.3, 0.4) is 0 Å². The average Bonchev–Trinajstić information content (AvgIpc) is 2.79. The first-order chi connectivity index (χ1) is 8.27. The molecule has 1 amide bonds. The summed E-state index contributed by atoms with van der Waals surface area (Å²) in [5, 5.41) is 1.87. The zero-order valence-electron chi connectivity index (χ0n) is 9.26. The summed E-state index contributed by atoms with van der Waals surface area (Å²) >= 11 is 1.37. The standard InChI is InChI=1S/C13H13NO2S/c14-13(15)12-10(7-9-17-12)6-8-16-11-4-2-1-3-5-11/h1-5,7,9H,6,8H2,(H2,14,15). The third-order valence-corrected chi connectivity index (χ3v) is 3.33. The van der Waals surface area contributed by atoms with Gasteiger partial charge in [-0.1, -0.05) is 18.2 Å². The molecular weight excluding hydrogens is 234 g/mol. The summed E-state index contributed by atoms with van der Waals surface area (Å²) in [6, 6.07) is 11.5. The van der Waals surface area contributed by atoms with Crippen molar-refractivity contribution in [2.24, 2.45) is 5.73 Å². The van der Waals surface area contributed by atoms with E-state index >= 15 is 0 Å². The molecule has 0 bridgehead atoms. The molecule has 0 fully saturated rings. The average molecular weight is 247 g/mol. The van der Waals surface area contributed by atoms with Gasteiger partial charge in [0.25, 0.3) is 5.91 Å². The molecule has 1 heterocycles. The molecule has 0 spiro atoms. The van der Waals surface area contributed by atoms with Crippen molar-refractivity contribution in [1.29, 1.82) is 0 Å². The zero-order chi connectivity index (χ0) is 12.1. The number of benzene rings is 1. The Balaban J connectivity index is 1.90. The highest BCUT2D eigenvalue weighted by molar-refractivity contribution is 7.12. The molecule has 0 aliphatic heterocycles. The van der Waals surface area contributed by atoms with Gasteiger partial charge in [-0.3, -0.25) is 4.79 Å². The Morgan fingerprint density at radius 1 is 1.24 bits per heavy atom. The quantitative estimate of drug-likeness (QED) is 0.882. The molecule has 0 saturated carbocycles. The highest BCUT2D eigenvalue weighted by Gasteiger charge is 2.09. The van der Waals surface area contributed by atoms with E-state index in [4.69, 9.17) is 10.5 Å². The zero-order valence-corrected chi connectivity index (χ0v) is 10.1. The molecule has 2 N–H and O–H groups in total. The van der Waals surface area contributed by atoms with Gasteiger partial charge < -0.3 is 10.5 Å². The van der Waals surface area contributed by atoms with Crippen molar-refractivity contribution >= 4 is 17.2 Å². The first kappa shape index (κ1) is 11.7. The van der Waals surface area contributed by atoms with Crippen LogP contribution in [0.4, 0.5) is 0 Å². The molecule has 0 aliphatic carbocycles. The van der Waals surface area contributed by atoms with E-state index in [9.17, 15) is 4.79 Å². The SMILES string of the molecule is NC(=O)c1sccc1CCOc1ccccc1. The predicted octanol–water partition coefficient (Wildman–Crippen LogP) is 2.47. The number of carbonyl (C=O) groups excluding carboxylic acids is 1. The van der Waals surface area contributed by atoms with Crippen molar-refractivity contribution in [3.8, 4) is 5.75 Å². The topological polar surface area (TPSA) is 52.3 Å². The van der Waals surface area contributed by atoms with Crippen LogP contribution in [-0.2, 0) is 6.42 Å². The summed E-state index contributed by atoms with van der Waals surface area (Å²) in [7, 11) is 0. The molecule has 0 atom stereocenters. The molecule has 0 radical (unpaired) electrons. The van der Waals surface area contributed by atoms with E-state index in [-0.39, 0.29) is 5.91 Å². The Kier molecular flexibility index (Phi) is 3.77. The second kappa shape index (κ2) is 5.50. The molecule has 3 nitrogen and oxygen atoms in total. The van der Waals surface area contributed by atoms with Crippen molar-refractivity contribution in [2.45, 2.75) is 6.42 Å². The second-order valence-corrected chi connectivity index (χ2v) is 4.47. The van der Waals surface area contributed by atoms with E-state index in [1.807, 2.05) is 41.8 Å². The van der Waals surface area contributed by atoms with Crippen LogP contribution in [0.15, 0.2) is 41.8 Å². The molecular formula is C13H13NO2S. The molecule has 1 aromatic carbocycles. The number of hydrogen-bond donors (Lipinski definition) is 1. The summed E-state index contributed by atoms with van der Waals surface area (Å²) in [5.41, 5.74) is 6.23. The molecule has 0 aliphatic rings. The summed E-state index contributed by atoms with van der Waals surface area (Å²) in [6.07, 6.45) is 0.691. The summed E-state index contributed by atoms with van der Waals surface area (Å²) in [6.45, 7) is 0.543. The van der Waals surface area contributed by atoms with Gasteiger partial charge in [-0.15, -0.1) is 11.3 Å². The van der Waals surface area contributed by atoms with Gasteiger partial charge in [0, 0.05) is 6.42 Å². The largest absolute Gasteiger partial charge is 0.493 e. The van der Waals surface area contributed by atoms with Crippen molar-refractivity contribution in [2.75, 3.05) is 6.61 Å². The number of primary amides is 1. The Bertz CT molecular complexity index is 493. The van der Waals surface area contributed by atoms with Crippen LogP contribution in [0.2, 0.25) is 0 Å². The van der Waals surface area contributed by atoms with Crippen LogP contribution in [0.5, 0.6) is 5.75 Å². The number of amides is 1. The first-order valence-corrected chi connectivity index (χ1v) is 6.19. The normalized spacial score (nSPS) is 10.1. The van der Waals surface area contributed by atoms with Gasteiger partial charge in [0.1, 0.15) is 5.75 Å². The maximum absolute atomic E-state index is 11.1. The van der Waals surface area contributed by atoms with Crippen LogP contribution in [-0.4, -0.2) is 12.5 Å². The van der Waals surface area contributed by atoms with Crippen LogP contribution in [0, 0.1) is 0 Å². The third-order valence-electron chi connectivity index (χ3n) is 2.35. The minimum absolute atomic E-state index is 0.366. The van der Waals surface area contributed by atoms with E-state index in [1.54, 1.807) is 0 Å². The summed E-state index contributed by atoms with van der Waals surface area (Å²) in [4.78, 5) is 11.7. The molecule has 2 rings (SSSR count). The summed E-state index contributed by atoms with van der Waals surface area (Å²) < 4.78 is 5.57. The molecule has 1 aromatic heterocycles. The highest BCUT2D eigenvalue weighted by atomic mass is 32.1. The van der Waals surface area contributed by atoms with E-state index in [1.165, 1.54) is 11.3 Å². The molecule has 0 saturated heterocycles. The lowest BCUT2D eigenvalue weighted by Gasteiger charge is -2.05. The Labute approximate surface area is 104 Å². The lowest BCUT2D eigenvalue weighted by atomic mass is 10.2. The highest BCUT2D eigenvalue weighted by Crippen LogP contribution is 2.17. The number of hydrogen-bond acceptors (Lipinski definition) is 3. The lowest BCUT2D eigenvalue weighted by Crippen LogP contribution is -2.12. The first-order valence-electron chi connectivity index (χ1n) is 5.31. The van der Waals surface area contributed by atoms with Gasteiger partial charge in [0.15, 0.2) is 0 Å². The molecule has 0 unspecified atom stereocenters. The Hall–Kier alpha value is -1.81. The van der Waals surface area contributed by atoms with Crippen molar-refractivity contribution in [3.05, 3.63) is 52.2 Å². The van der Waals surface area contributed by atoms with Crippen molar-refractivity contribution in [3.63, 3.8) is 0 Å². The minimum atomic E-state index is -0.366. The van der Waals surface area contributed by atoms with Crippen LogP contribution >= 0.6 is 11.3 Å². The Morgan fingerprint density at radius 2 is 2.00 bits per heavy atom. The number of ether oxygens (including phenoxy) is 1. The molecule has 88 valence electrons. The molecule has 17 heavy (non-hydrogen) atoms. The number of rotatable bonds is 5. The molecule has 4 heteroatoms. The van der Waals surface area contributed by atoms with Crippen LogP contribution in [0.1, 0.15) is 15.2 Å². The molecule has 2 aromatic rings. The van der Waals surface area contributed by atoms with E-state index in [0.29, 0.717) is 17.9 Å². The fourth-order valence-corrected chi connectivity index (χ4v) is 2.35. The number of thiophene rings is 1. The fraction of sp³-hybridized carbons (Fsp3) is 0.154. The van der Waals surface area contributed by atoms with Gasteiger partial charge in [-0.2, -0.15) is 0 Å². The minimum Gasteiger partial charge on any atom is -0.493 e. The van der Waals surface area contributed by atoms with E-state index in [0.717, 1.165) is 11.3 Å². The third kappa shape index (κ3) is 3.07. The smallest absolute Gasteiger partial charge is 0.259 e. The number of para-hydroxylation sites is 1. The van der Waals surface area contributed by atoms with Crippen molar-refractivity contribution < 1.29 is 9.53 Å². The maximum Gasteiger partial charge on any atom is 0.259 e. The van der Waals surface area contributed by atoms with Gasteiger partial charge in [0.2, 0.25) is 0 Å². The van der Waals surface area contributed by atoms with Crippen molar-refractivity contribution in [1.82, 2.24) is 0 Å². The van der Waals surface area contributed by atoms with Gasteiger partial charge in [0.05, 0.1) is 11.5 Å². The fourth-order valence-electron chi connectivity index (χ4n) is 1.54. The van der Waals surface area contributed by atoms with Gasteiger partial charge >= 0.3 is 0 Å². The van der Waals surface area contributed by atoms with Gasteiger partial charge in [-0.25, -0.2) is 0 Å². The second-order valence-electron chi connectivity index (χ2n) is 3.55.